The molecule has 3 rings (SSSR count). The zero-order valence-electron chi connectivity index (χ0n) is 21.6. The van der Waals surface area contributed by atoms with Crippen LogP contribution in [0, 0.1) is 6.92 Å². The Bertz CT molecular complexity index is 1230. The Balaban J connectivity index is 1.91. The number of aromatic nitrogens is 1. The number of aryl methyl sites for hydroxylation is 1. The van der Waals surface area contributed by atoms with Crippen molar-refractivity contribution in [1.29, 1.82) is 0 Å². The molecule has 1 aromatic heterocycles. The molecule has 37 heavy (non-hydrogen) atoms. The van der Waals surface area contributed by atoms with Gasteiger partial charge in [-0.05, 0) is 38.8 Å². The number of hydrogen-bond donors (Lipinski definition) is 2. The van der Waals surface area contributed by atoms with Crippen LogP contribution >= 0.6 is 11.6 Å². The number of carbonyl (C=O) groups is 3. The normalized spacial score (nSPS) is 12.0. The molecule has 0 saturated carbocycles. The van der Waals surface area contributed by atoms with Crippen molar-refractivity contribution in [3.8, 4) is 0 Å². The van der Waals surface area contributed by atoms with Crippen LogP contribution in [0.15, 0.2) is 65.2 Å². The van der Waals surface area contributed by atoms with Crippen LogP contribution in [-0.2, 0) is 20.9 Å². The summed E-state index contributed by atoms with van der Waals surface area (Å²) in [5, 5.41) is 9.81. The van der Waals surface area contributed by atoms with Gasteiger partial charge in [-0.3, -0.25) is 14.4 Å². The Kier molecular flexibility index (Phi) is 9.47. The number of nitrogens with zero attached hydrogens (tertiary/aromatic N) is 2. The van der Waals surface area contributed by atoms with Gasteiger partial charge in [-0.1, -0.05) is 72.2 Å². The van der Waals surface area contributed by atoms with Crippen LogP contribution in [0.1, 0.15) is 63.0 Å². The summed E-state index contributed by atoms with van der Waals surface area (Å²) in [7, 11) is 0. The summed E-state index contributed by atoms with van der Waals surface area (Å²) in [4.78, 5) is 41.4. The van der Waals surface area contributed by atoms with E-state index in [9.17, 15) is 14.4 Å². The van der Waals surface area contributed by atoms with E-state index in [0.29, 0.717) is 22.8 Å². The van der Waals surface area contributed by atoms with Gasteiger partial charge in [0.2, 0.25) is 17.7 Å². The van der Waals surface area contributed by atoms with Crippen molar-refractivity contribution >= 4 is 35.1 Å². The lowest BCUT2D eigenvalue weighted by molar-refractivity contribution is -0.142. The van der Waals surface area contributed by atoms with Gasteiger partial charge in [0.1, 0.15) is 11.8 Å². The molecule has 1 heterocycles. The number of hydrogen-bond acceptors (Lipinski definition) is 5. The molecule has 3 aromatic rings. The van der Waals surface area contributed by atoms with Crippen molar-refractivity contribution in [1.82, 2.24) is 15.4 Å². The molecule has 1 unspecified atom stereocenters. The second-order valence-corrected chi connectivity index (χ2v) is 9.94. The Morgan fingerprint density at radius 3 is 2.35 bits per heavy atom. The third kappa shape index (κ3) is 7.92. The first-order valence-corrected chi connectivity index (χ1v) is 12.6. The van der Waals surface area contributed by atoms with Crippen LogP contribution in [0.4, 0.5) is 5.82 Å². The number of anilines is 1. The monoisotopic (exact) mass is 524 g/mol. The fourth-order valence-corrected chi connectivity index (χ4v) is 3.98. The molecule has 1 atom stereocenters. The molecular weight excluding hydrogens is 492 g/mol. The second kappa shape index (κ2) is 12.5. The highest BCUT2D eigenvalue weighted by atomic mass is 35.5. The summed E-state index contributed by atoms with van der Waals surface area (Å²) < 4.78 is 4.97. The summed E-state index contributed by atoms with van der Waals surface area (Å²) in [6, 6.07) is 17.0. The van der Waals surface area contributed by atoms with E-state index in [1.54, 1.807) is 37.3 Å². The summed E-state index contributed by atoms with van der Waals surface area (Å²) in [5.41, 5.74) is 0.867. The van der Waals surface area contributed by atoms with Crippen LogP contribution < -0.4 is 10.6 Å². The van der Waals surface area contributed by atoms with E-state index in [-0.39, 0.29) is 42.9 Å². The average molecular weight is 525 g/mol. The maximum atomic E-state index is 13.7. The van der Waals surface area contributed by atoms with Gasteiger partial charge >= 0.3 is 0 Å². The third-order valence-electron chi connectivity index (χ3n) is 6.08. The van der Waals surface area contributed by atoms with Crippen molar-refractivity contribution in [2.75, 3.05) is 5.32 Å². The molecule has 2 N–H and O–H groups in total. The van der Waals surface area contributed by atoms with Gasteiger partial charge in [0, 0.05) is 41.6 Å². The predicted molar refractivity (Wildman–Crippen MR) is 143 cm³/mol. The van der Waals surface area contributed by atoms with Crippen molar-refractivity contribution in [3.63, 3.8) is 0 Å². The molecule has 8 nitrogen and oxygen atoms in total. The maximum absolute atomic E-state index is 13.7. The number of rotatable bonds is 11. The van der Waals surface area contributed by atoms with Crippen LogP contribution in [0.2, 0.25) is 5.02 Å². The van der Waals surface area contributed by atoms with E-state index in [1.165, 1.54) is 4.90 Å². The molecule has 9 heteroatoms. The fourth-order valence-electron chi connectivity index (χ4n) is 3.74. The van der Waals surface area contributed by atoms with Crippen LogP contribution in [0.5, 0.6) is 0 Å². The molecule has 0 saturated heterocycles. The summed E-state index contributed by atoms with van der Waals surface area (Å²) in [5.74, 6) is -0.237. The molecule has 3 amide bonds. The molecule has 0 aliphatic rings. The van der Waals surface area contributed by atoms with Gasteiger partial charge < -0.3 is 20.1 Å². The average Bonchev–Trinajstić information content (AvgIpc) is 3.27. The van der Waals surface area contributed by atoms with Gasteiger partial charge in [-0.2, -0.15) is 0 Å². The first-order valence-electron chi connectivity index (χ1n) is 12.2. The first kappa shape index (κ1) is 27.9. The van der Waals surface area contributed by atoms with Gasteiger partial charge in [0.05, 0.1) is 0 Å². The van der Waals surface area contributed by atoms with Crippen molar-refractivity contribution in [2.45, 2.75) is 65.1 Å². The minimum Gasteiger partial charge on any atom is -0.360 e. The van der Waals surface area contributed by atoms with E-state index in [2.05, 4.69) is 15.8 Å². The van der Waals surface area contributed by atoms with Crippen molar-refractivity contribution in [2.24, 2.45) is 0 Å². The number of amides is 3. The maximum Gasteiger partial charge on any atom is 0.247 e. The standard InChI is InChI=1S/C28H33ClN4O4/c1-5-28(3,4)31-27(36)26(21-13-9-10-14-22(21)29)33(18-20-11-7-6-8-12-20)25(35)16-15-24(34)30-23-17-19(2)37-32-23/h6-14,17,26H,5,15-16,18H2,1-4H3,(H,31,36)(H,30,32,34). The van der Waals surface area contributed by atoms with Gasteiger partial charge in [-0.15, -0.1) is 0 Å². The van der Waals surface area contributed by atoms with Gasteiger partial charge in [-0.25, -0.2) is 0 Å². The Hall–Kier alpha value is -3.65. The molecule has 0 spiro atoms. The lowest BCUT2D eigenvalue weighted by atomic mass is 9.98. The topological polar surface area (TPSA) is 105 Å². The molecule has 2 aromatic carbocycles. The number of carbonyl (C=O) groups excluding carboxylic acids is 3. The second-order valence-electron chi connectivity index (χ2n) is 9.53. The van der Waals surface area contributed by atoms with Crippen molar-refractivity contribution in [3.05, 3.63) is 82.6 Å². The SMILES string of the molecule is CCC(C)(C)NC(=O)C(c1ccccc1Cl)N(Cc1ccccc1)C(=O)CCC(=O)Nc1cc(C)on1. The highest BCUT2D eigenvalue weighted by molar-refractivity contribution is 6.31. The molecule has 0 fully saturated rings. The Morgan fingerprint density at radius 2 is 1.73 bits per heavy atom. The number of halogens is 1. The van der Waals surface area contributed by atoms with Crippen LogP contribution in [-0.4, -0.2) is 33.3 Å². The fraction of sp³-hybridized carbons (Fsp3) is 0.357. The molecule has 0 aliphatic heterocycles. The molecule has 0 aliphatic carbocycles. The third-order valence-corrected chi connectivity index (χ3v) is 6.43. The minimum atomic E-state index is -0.992. The molecule has 0 bridgehead atoms. The highest BCUT2D eigenvalue weighted by Gasteiger charge is 2.35. The largest absolute Gasteiger partial charge is 0.360 e. The Morgan fingerprint density at radius 1 is 1.05 bits per heavy atom. The summed E-state index contributed by atoms with van der Waals surface area (Å²) in [6.45, 7) is 7.71. The lowest BCUT2D eigenvalue weighted by Crippen LogP contribution is -2.50. The van der Waals surface area contributed by atoms with E-state index in [1.807, 2.05) is 51.1 Å². The minimum absolute atomic E-state index is 0.0899. The summed E-state index contributed by atoms with van der Waals surface area (Å²) >= 11 is 6.54. The van der Waals surface area contributed by atoms with Gasteiger partial charge in [0.25, 0.3) is 0 Å². The van der Waals surface area contributed by atoms with Crippen molar-refractivity contribution < 1.29 is 18.9 Å². The predicted octanol–water partition coefficient (Wildman–Crippen LogP) is 5.43. The van der Waals surface area contributed by atoms with Gasteiger partial charge in [0.15, 0.2) is 5.82 Å². The first-order chi connectivity index (χ1) is 17.6. The van der Waals surface area contributed by atoms with E-state index >= 15 is 0 Å². The van der Waals surface area contributed by atoms with E-state index in [4.69, 9.17) is 16.1 Å². The van der Waals surface area contributed by atoms with E-state index < -0.39 is 11.6 Å². The molecule has 0 radical (unpaired) electrons. The molecule has 196 valence electrons. The zero-order chi connectivity index (χ0) is 27.0. The van der Waals surface area contributed by atoms with Crippen LogP contribution in [0.3, 0.4) is 0 Å². The zero-order valence-corrected chi connectivity index (χ0v) is 22.3. The van der Waals surface area contributed by atoms with E-state index in [0.717, 1.165) is 5.56 Å². The lowest BCUT2D eigenvalue weighted by Gasteiger charge is -2.35. The smallest absolute Gasteiger partial charge is 0.247 e. The summed E-state index contributed by atoms with van der Waals surface area (Å²) in [6.07, 6.45) is 0.497. The quantitative estimate of drug-likeness (QED) is 0.348. The Labute approximate surface area is 222 Å². The number of benzene rings is 2. The molecular formula is C28H33ClN4O4. The number of nitrogens with one attached hydrogen (secondary N) is 2. The van der Waals surface area contributed by atoms with Crippen LogP contribution in [0.25, 0.3) is 0 Å². The highest BCUT2D eigenvalue weighted by Crippen LogP contribution is 2.31.